The normalized spacial score (nSPS) is 11.1. The molecule has 1 N–H and O–H groups in total. The topological polar surface area (TPSA) is 58.4 Å². The number of aryl methyl sites for hydroxylation is 1. The van der Waals surface area contributed by atoms with Crippen LogP contribution < -0.4 is 10.2 Å². The van der Waals surface area contributed by atoms with E-state index in [1.807, 2.05) is 17.5 Å². The lowest BCUT2D eigenvalue weighted by Crippen LogP contribution is -2.32. The van der Waals surface area contributed by atoms with Crippen molar-refractivity contribution in [2.24, 2.45) is 0 Å². The van der Waals surface area contributed by atoms with Crippen LogP contribution in [0.4, 0.5) is 5.82 Å². The molecular formula is C12H20N6. The van der Waals surface area contributed by atoms with E-state index in [1.54, 1.807) is 6.20 Å². The lowest BCUT2D eigenvalue weighted by Gasteiger charge is -2.21. The number of nitrogens with one attached hydrogen (secondary N) is 1. The standard InChI is InChI=1S/C12H20N6/c1-4-13-6-8-17(5-2)11-12-16-15-10(3)18(12)9-7-14-11/h7,9,13H,4-6,8H2,1-3H3. The molecular weight excluding hydrogens is 228 g/mol. The number of hydrogen-bond donors (Lipinski definition) is 1. The van der Waals surface area contributed by atoms with Gasteiger partial charge in [-0.2, -0.15) is 0 Å². The summed E-state index contributed by atoms with van der Waals surface area (Å²) in [5.74, 6) is 1.79. The van der Waals surface area contributed by atoms with E-state index >= 15 is 0 Å². The van der Waals surface area contributed by atoms with Gasteiger partial charge in [0.2, 0.25) is 5.65 Å². The fourth-order valence-corrected chi connectivity index (χ4v) is 1.96. The van der Waals surface area contributed by atoms with Crippen molar-refractivity contribution in [1.29, 1.82) is 0 Å². The molecule has 0 radical (unpaired) electrons. The van der Waals surface area contributed by atoms with Crippen LogP contribution in [0, 0.1) is 6.92 Å². The Bertz CT molecular complexity index is 506. The minimum absolute atomic E-state index is 0.827. The van der Waals surface area contributed by atoms with Gasteiger partial charge in [0, 0.05) is 32.0 Å². The second-order valence-electron chi connectivity index (χ2n) is 4.12. The van der Waals surface area contributed by atoms with Crippen molar-refractivity contribution in [3.8, 4) is 0 Å². The van der Waals surface area contributed by atoms with E-state index < -0.39 is 0 Å². The van der Waals surface area contributed by atoms with Crippen molar-refractivity contribution in [3.05, 3.63) is 18.2 Å². The summed E-state index contributed by atoms with van der Waals surface area (Å²) in [6.07, 6.45) is 3.70. The van der Waals surface area contributed by atoms with Crippen LogP contribution in [0.25, 0.3) is 5.65 Å². The van der Waals surface area contributed by atoms with Crippen molar-refractivity contribution in [3.63, 3.8) is 0 Å². The largest absolute Gasteiger partial charge is 0.352 e. The van der Waals surface area contributed by atoms with Gasteiger partial charge < -0.3 is 10.2 Å². The first-order valence-electron chi connectivity index (χ1n) is 6.40. The summed E-state index contributed by atoms with van der Waals surface area (Å²) in [7, 11) is 0. The minimum atomic E-state index is 0.827. The molecule has 98 valence electrons. The van der Waals surface area contributed by atoms with E-state index in [-0.39, 0.29) is 0 Å². The molecule has 2 aromatic rings. The van der Waals surface area contributed by atoms with Gasteiger partial charge in [-0.05, 0) is 20.4 Å². The maximum atomic E-state index is 4.44. The molecule has 0 saturated heterocycles. The number of anilines is 1. The number of hydrogen-bond acceptors (Lipinski definition) is 5. The summed E-state index contributed by atoms with van der Waals surface area (Å²) in [6.45, 7) is 9.93. The average Bonchev–Trinajstić information content (AvgIpc) is 2.77. The van der Waals surface area contributed by atoms with E-state index in [0.29, 0.717) is 0 Å². The van der Waals surface area contributed by atoms with Crippen molar-refractivity contribution >= 4 is 11.5 Å². The van der Waals surface area contributed by atoms with Gasteiger partial charge in [-0.3, -0.25) is 4.40 Å². The molecule has 0 spiro atoms. The van der Waals surface area contributed by atoms with Gasteiger partial charge in [0.05, 0.1) is 0 Å². The fraction of sp³-hybridized carbons (Fsp3) is 0.583. The number of nitrogens with zero attached hydrogens (tertiary/aromatic N) is 5. The van der Waals surface area contributed by atoms with Crippen LogP contribution >= 0.6 is 0 Å². The molecule has 0 aliphatic carbocycles. The molecule has 0 bridgehead atoms. The van der Waals surface area contributed by atoms with E-state index in [2.05, 4.69) is 39.2 Å². The Balaban J connectivity index is 2.27. The molecule has 6 nitrogen and oxygen atoms in total. The van der Waals surface area contributed by atoms with Crippen LogP contribution in [0.3, 0.4) is 0 Å². The van der Waals surface area contributed by atoms with Gasteiger partial charge in [0.15, 0.2) is 5.82 Å². The molecule has 0 aliphatic rings. The highest BCUT2D eigenvalue weighted by molar-refractivity contribution is 5.63. The van der Waals surface area contributed by atoms with Gasteiger partial charge in [-0.15, -0.1) is 10.2 Å². The fourth-order valence-electron chi connectivity index (χ4n) is 1.96. The third kappa shape index (κ3) is 2.43. The highest BCUT2D eigenvalue weighted by Crippen LogP contribution is 2.16. The Kier molecular flexibility index (Phi) is 4.09. The molecule has 0 aromatic carbocycles. The second kappa shape index (κ2) is 5.77. The summed E-state index contributed by atoms with van der Waals surface area (Å²) in [5, 5.41) is 11.6. The smallest absolute Gasteiger partial charge is 0.203 e. The second-order valence-corrected chi connectivity index (χ2v) is 4.12. The Morgan fingerprint density at radius 1 is 1.33 bits per heavy atom. The SMILES string of the molecule is CCNCCN(CC)c1nccn2c(C)nnc12. The first-order valence-corrected chi connectivity index (χ1v) is 6.40. The highest BCUT2D eigenvalue weighted by atomic mass is 15.3. The number of rotatable bonds is 6. The maximum absolute atomic E-state index is 4.44. The van der Waals surface area contributed by atoms with E-state index in [9.17, 15) is 0 Å². The summed E-state index contributed by atoms with van der Waals surface area (Å²) in [6, 6.07) is 0. The number of aromatic nitrogens is 4. The first kappa shape index (κ1) is 12.8. The molecule has 18 heavy (non-hydrogen) atoms. The van der Waals surface area contributed by atoms with Gasteiger partial charge in [-0.25, -0.2) is 4.98 Å². The zero-order chi connectivity index (χ0) is 13.0. The van der Waals surface area contributed by atoms with Crippen LogP contribution in [0.15, 0.2) is 12.4 Å². The molecule has 0 amide bonds. The molecule has 0 atom stereocenters. The van der Waals surface area contributed by atoms with Crippen LogP contribution in [-0.4, -0.2) is 45.8 Å². The molecule has 0 fully saturated rings. The molecule has 2 aromatic heterocycles. The predicted molar refractivity (Wildman–Crippen MR) is 71.9 cm³/mol. The Hall–Kier alpha value is -1.69. The van der Waals surface area contributed by atoms with Crippen LogP contribution in [0.5, 0.6) is 0 Å². The molecule has 6 heteroatoms. The Labute approximate surface area is 107 Å². The van der Waals surface area contributed by atoms with Crippen molar-refractivity contribution < 1.29 is 0 Å². The van der Waals surface area contributed by atoms with Crippen LogP contribution in [0.2, 0.25) is 0 Å². The van der Waals surface area contributed by atoms with Crippen molar-refractivity contribution in [2.75, 3.05) is 31.1 Å². The van der Waals surface area contributed by atoms with E-state index in [4.69, 9.17) is 0 Å². The lowest BCUT2D eigenvalue weighted by molar-refractivity contribution is 0.684. The van der Waals surface area contributed by atoms with Crippen LogP contribution in [0.1, 0.15) is 19.7 Å². The molecule has 0 unspecified atom stereocenters. The summed E-state index contributed by atoms with van der Waals surface area (Å²) >= 11 is 0. The van der Waals surface area contributed by atoms with Gasteiger partial charge in [0.25, 0.3) is 0 Å². The molecule has 2 rings (SSSR count). The van der Waals surface area contributed by atoms with E-state index in [1.165, 1.54) is 0 Å². The monoisotopic (exact) mass is 248 g/mol. The highest BCUT2D eigenvalue weighted by Gasteiger charge is 2.13. The number of likely N-dealkylation sites (N-methyl/N-ethyl adjacent to an activating group) is 2. The first-order chi connectivity index (χ1) is 8.77. The molecule has 0 saturated carbocycles. The van der Waals surface area contributed by atoms with Gasteiger partial charge in [0.1, 0.15) is 5.82 Å². The predicted octanol–water partition coefficient (Wildman–Crippen LogP) is 0.869. The Morgan fingerprint density at radius 2 is 2.17 bits per heavy atom. The molecule has 0 aliphatic heterocycles. The summed E-state index contributed by atoms with van der Waals surface area (Å²) in [4.78, 5) is 6.66. The quantitative estimate of drug-likeness (QED) is 0.769. The summed E-state index contributed by atoms with van der Waals surface area (Å²) < 4.78 is 1.97. The molecule has 2 heterocycles. The average molecular weight is 248 g/mol. The van der Waals surface area contributed by atoms with Crippen LogP contribution in [-0.2, 0) is 0 Å². The van der Waals surface area contributed by atoms with Crippen molar-refractivity contribution in [2.45, 2.75) is 20.8 Å². The lowest BCUT2D eigenvalue weighted by atomic mass is 10.4. The maximum Gasteiger partial charge on any atom is 0.203 e. The minimum Gasteiger partial charge on any atom is -0.352 e. The van der Waals surface area contributed by atoms with Gasteiger partial charge in [-0.1, -0.05) is 6.92 Å². The third-order valence-corrected chi connectivity index (χ3v) is 2.97. The summed E-state index contributed by atoms with van der Waals surface area (Å²) in [5.41, 5.74) is 0.827. The van der Waals surface area contributed by atoms with Crippen molar-refractivity contribution in [1.82, 2.24) is 24.9 Å². The van der Waals surface area contributed by atoms with Gasteiger partial charge >= 0.3 is 0 Å². The number of fused-ring (bicyclic) bond motifs is 1. The Morgan fingerprint density at radius 3 is 2.89 bits per heavy atom. The zero-order valence-corrected chi connectivity index (χ0v) is 11.2. The zero-order valence-electron chi connectivity index (χ0n) is 11.2. The van der Waals surface area contributed by atoms with E-state index in [0.717, 1.165) is 43.5 Å². The third-order valence-electron chi connectivity index (χ3n) is 2.97.